The summed E-state index contributed by atoms with van der Waals surface area (Å²) in [6.07, 6.45) is 4.87. The minimum Gasteiger partial charge on any atom is -0.350 e. The molecule has 18 heavy (non-hydrogen) atoms. The summed E-state index contributed by atoms with van der Waals surface area (Å²) in [6, 6.07) is 0. The Kier molecular flexibility index (Phi) is 5.50. The monoisotopic (exact) mass is 284 g/mol. The van der Waals surface area contributed by atoms with E-state index < -0.39 is 0 Å². The van der Waals surface area contributed by atoms with E-state index in [1.807, 2.05) is 5.38 Å². The van der Waals surface area contributed by atoms with Gasteiger partial charge in [-0.3, -0.25) is 4.79 Å². The summed E-state index contributed by atoms with van der Waals surface area (Å²) in [4.78, 5) is 16.1. The summed E-state index contributed by atoms with van der Waals surface area (Å²) in [5, 5.41) is 6.15. The molecule has 0 saturated heterocycles. The number of rotatable bonds is 8. The molecule has 1 aliphatic rings. The van der Waals surface area contributed by atoms with Gasteiger partial charge in [-0.1, -0.05) is 6.92 Å². The molecule has 0 bridgehead atoms. The molecule has 0 spiro atoms. The highest BCUT2D eigenvalue weighted by molar-refractivity contribution is 7.99. The lowest BCUT2D eigenvalue weighted by Gasteiger charge is -2.02. The molecule has 0 atom stereocenters. The molecule has 1 aliphatic carbocycles. The Labute approximate surface area is 117 Å². The van der Waals surface area contributed by atoms with Crippen molar-refractivity contribution in [3.05, 3.63) is 16.1 Å². The van der Waals surface area contributed by atoms with Crippen molar-refractivity contribution in [2.24, 2.45) is 5.92 Å². The number of amides is 1. The molecular formula is C13H20N2OS2. The van der Waals surface area contributed by atoms with Crippen LogP contribution < -0.4 is 5.32 Å². The highest BCUT2D eigenvalue weighted by Gasteiger charge is 2.21. The first kappa shape index (κ1) is 13.9. The fourth-order valence-electron chi connectivity index (χ4n) is 1.60. The fourth-order valence-corrected chi connectivity index (χ4v) is 3.57. The topological polar surface area (TPSA) is 42.0 Å². The molecule has 0 radical (unpaired) electrons. The molecule has 0 aliphatic heterocycles. The van der Waals surface area contributed by atoms with Gasteiger partial charge in [0.25, 0.3) is 0 Å². The molecule has 1 amide bonds. The number of nitrogens with one attached hydrogen (secondary N) is 1. The Morgan fingerprint density at radius 2 is 2.44 bits per heavy atom. The molecule has 1 aromatic heterocycles. The minimum absolute atomic E-state index is 0.130. The summed E-state index contributed by atoms with van der Waals surface area (Å²) in [7, 11) is 0. The van der Waals surface area contributed by atoms with Gasteiger partial charge in [-0.15, -0.1) is 11.3 Å². The third kappa shape index (κ3) is 4.98. The first-order chi connectivity index (χ1) is 8.78. The summed E-state index contributed by atoms with van der Waals surface area (Å²) in [5.74, 6) is 2.75. The highest BCUT2D eigenvalue weighted by Crippen LogP contribution is 2.32. The van der Waals surface area contributed by atoms with Gasteiger partial charge in [0, 0.05) is 5.38 Å². The summed E-state index contributed by atoms with van der Waals surface area (Å²) in [6.45, 7) is 2.73. The van der Waals surface area contributed by atoms with Gasteiger partial charge in [0.05, 0.1) is 23.0 Å². The van der Waals surface area contributed by atoms with E-state index >= 15 is 0 Å². The number of hydrogen-bond acceptors (Lipinski definition) is 4. The van der Waals surface area contributed by atoms with Crippen molar-refractivity contribution in [3.8, 4) is 0 Å². The molecule has 0 unspecified atom stereocenters. The van der Waals surface area contributed by atoms with Crippen LogP contribution in [0.25, 0.3) is 0 Å². The third-order valence-corrected chi connectivity index (χ3v) is 4.94. The maximum Gasteiger partial charge on any atom is 0.230 e. The van der Waals surface area contributed by atoms with Crippen LogP contribution in [0.5, 0.6) is 0 Å². The van der Waals surface area contributed by atoms with Crippen LogP contribution in [0.4, 0.5) is 0 Å². The summed E-state index contributed by atoms with van der Waals surface area (Å²) < 4.78 is 0. The van der Waals surface area contributed by atoms with Crippen LogP contribution in [0.15, 0.2) is 5.38 Å². The van der Waals surface area contributed by atoms with Crippen molar-refractivity contribution in [2.75, 3.05) is 11.5 Å². The van der Waals surface area contributed by atoms with Crippen LogP contribution in [0.2, 0.25) is 0 Å². The Morgan fingerprint density at radius 3 is 3.17 bits per heavy atom. The molecule has 100 valence electrons. The lowest BCUT2D eigenvalue weighted by atomic mass is 10.3. The van der Waals surface area contributed by atoms with Gasteiger partial charge in [0.15, 0.2) is 0 Å². The van der Waals surface area contributed by atoms with Crippen LogP contribution in [0.1, 0.15) is 36.9 Å². The largest absolute Gasteiger partial charge is 0.350 e. The van der Waals surface area contributed by atoms with E-state index in [0.717, 1.165) is 30.2 Å². The number of thiazole rings is 1. The number of aryl methyl sites for hydroxylation is 1. The van der Waals surface area contributed by atoms with Crippen LogP contribution >= 0.6 is 23.1 Å². The predicted octanol–water partition coefficient (Wildman–Crippen LogP) is 2.86. The first-order valence-electron chi connectivity index (χ1n) is 6.55. The number of thioether (sulfide) groups is 1. The van der Waals surface area contributed by atoms with E-state index in [2.05, 4.69) is 17.2 Å². The fraction of sp³-hybridized carbons (Fsp3) is 0.692. The molecule has 1 saturated carbocycles. The third-order valence-electron chi connectivity index (χ3n) is 2.81. The standard InChI is InChI=1S/C13H20N2OS2/c1-2-3-13-15-11(8-18-13)6-14-12(16)9-17-7-10-4-5-10/h8,10H,2-7,9H2,1H3,(H,14,16). The van der Waals surface area contributed by atoms with Crippen molar-refractivity contribution in [3.63, 3.8) is 0 Å². The van der Waals surface area contributed by atoms with Gasteiger partial charge in [0.2, 0.25) is 5.91 Å². The van der Waals surface area contributed by atoms with Crippen LogP contribution in [-0.4, -0.2) is 22.4 Å². The van der Waals surface area contributed by atoms with E-state index in [4.69, 9.17) is 0 Å². The summed E-state index contributed by atoms with van der Waals surface area (Å²) in [5.41, 5.74) is 0.990. The Balaban J connectivity index is 1.61. The first-order valence-corrected chi connectivity index (χ1v) is 8.59. The average Bonchev–Trinajstić information content (AvgIpc) is 3.06. The van der Waals surface area contributed by atoms with Gasteiger partial charge >= 0.3 is 0 Å². The van der Waals surface area contributed by atoms with E-state index in [1.165, 1.54) is 17.8 Å². The van der Waals surface area contributed by atoms with E-state index in [1.54, 1.807) is 23.1 Å². The predicted molar refractivity (Wildman–Crippen MR) is 78.0 cm³/mol. The maximum atomic E-state index is 11.6. The zero-order valence-corrected chi connectivity index (χ0v) is 12.4. The normalized spacial score (nSPS) is 14.7. The zero-order valence-electron chi connectivity index (χ0n) is 10.8. The quantitative estimate of drug-likeness (QED) is 0.798. The number of carbonyl (C=O) groups is 1. The lowest BCUT2D eigenvalue weighted by molar-refractivity contribution is -0.118. The molecule has 5 heteroatoms. The lowest BCUT2D eigenvalue weighted by Crippen LogP contribution is -2.24. The van der Waals surface area contributed by atoms with Crippen LogP contribution in [0, 0.1) is 5.92 Å². The van der Waals surface area contributed by atoms with Gasteiger partial charge in [-0.25, -0.2) is 4.98 Å². The number of aromatic nitrogens is 1. The maximum absolute atomic E-state index is 11.6. The number of hydrogen-bond donors (Lipinski definition) is 1. The van der Waals surface area contributed by atoms with Crippen LogP contribution in [0.3, 0.4) is 0 Å². The van der Waals surface area contributed by atoms with Crippen molar-refractivity contribution in [1.29, 1.82) is 0 Å². The molecule has 1 aromatic rings. The number of nitrogens with zero attached hydrogens (tertiary/aromatic N) is 1. The molecule has 0 aromatic carbocycles. The molecule has 3 nitrogen and oxygen atoms in total. The SMILES string of the molecule is CCCc1nc(CNC(=O)CSCC2CC2)cs1. The zero-order chi connectivity index (χ0) is 12.8. The minimum atomic E-state index is 0.130. The second-order valence-corrected chi connectivity index (χ2v) is 6.69. The van der Waals surface area contributed by atoms with Crippen molar-refractivity contribution >= 4 is 29.0 Å². The van der Waals surface area contributed by atoms with Gasteiger partial charge < -0.3 is 5.32 Å². The van der Waals surface area contributed by atoms with Gasteiger partial charge in [-0.05, 0) is 37.4 Å². The number of carbonyl (C=O) groups excluding carboxylic acids is 1. The second-order valence-electron chi connectivity index (χ2n) is 4.72. The Hall–Kier alpha value is -0.550. The molecule has 1 fully saturated rings. The van der Waals surface area contributed by atoms with Crippen molar-refractivity contribution < 1.29 is 4.79 Å². The van der Waals surface area contributed by atoms with Crippen molar-refractivity contribution in [2.45, 2.75) is 39.2 Å². The molecule has 1 N–H and O–H groups in total. The van der Waals surface area contributed by atoms with Gasteiger partial charge in [-0.2, -0.15) is 11.8 Å². The molecule has 1 heterocycles. The van der Waals surface area contributed by atoms with E-state index in [0.29, 0.717) is 12.3 Å². The van der Waals surface area contributed by atoms with Crippen molar-refractivity contribution in [1.82, 2.24) is 10.3 Å². The Bertz CT molecular complexity index is 388. The second kappa shape index (κ2) is 7.14. The van der Waals surface area contributed by atoms with Crippen LogP contribution in [-0.2, 0) is 17.8 Å². The summed E-state index contributed by atoms with van der Waals surface area (Å²) >= 11 is 3.44. The van der Waals surface area contributed by atoms with Gasteiger partial charge in [0.1, 0.15) is 0 Å². The molecule has 2 rings (SSSR count). The van der Waals surface area contributed by atoms with E-state index in [9.17, 15) is 4.79 Å². The molecular weight excluding hydrogens is 264 g/mol. The Morgan fingerprint density at radius 1 is 1.61 bits per heavy atom. The van der Waals surface area contributed by atoms with E-state index in [-0.39, 0.29) is 5.91 Å². The highest BCUT2D eigenvalue weighted by atomic mass is 32.2. The smallest absolute Gasteiger partial charge is 0.230 e. The average molecular weight is 284 g/mol.